The summed E-state index contributed by atoms with van der Waals surface area (Å²) < 4.78 is 0. The van der Waals surface area contributed by atoms with Gasteiger partial charge in [-0.15, -0.1) is 0 Å². The number of hydrogen-bond acceptors (Lipinski definition) is 2. The molecule has 0 atom stereocenters. The van der Waals surface area contributed by atoms with Crippen molar-refractivity contribution in [2.45, 2.75) is 0 Å². The van der Waals surface area contributed by atoms with E-state index in [2.05, 4.69) is 10.2 Å². The normalized spacial score (nSPS) is 11.2. The van der Waals surface area contributed by atoms with Crippen molar-refractivity contribution < 1.29 is 9.90 Å². The van der Waals surface area contributed by atoms with Gasteiger partial charge in [0.1, 0.15) is 0 Å². The van der Waals surface area contributed by atoms with Gasteiger partial charge in [0.2, 0.25) is 0 Å². The van der Waals surface area contributed by atoms with Crippen molar-refractivity contribution in [2.24, 2.45) is 0 Å². The number of aromatic nitrogens is 2. The third-order valence-electron chi connectivity index (χ3n) is 3.09. The van der Waals surface area contributed by atoms with Crippen LogP contribution in [0, 0.1) is 0 Å². The summed E-state index contributed by atoms with van der Waals surface area (Å²) >= 11 is 0. The molecule has 3 aromatic rings. The first-order valence-electron chi connectivity index (χ1n) is 6.18. The van der Waals surface area contributed by atoms with Crippen LogP contribution in [0.3, 0.4) is 0 Å². The Bertz CT molecular complexity index is 786. The molecule has 0 aliphatic heterocycles. The average Bonchev–Trinajstić information content (AvgIpc) is 2.89. The van der Waals surface area contributed by atoms with E-state index in [4.69, 9.17) is 5.11 Å². The summed E-state index contributed by atoms with van der Waals surface area (Å²) in [4.78, 5) is 10.8. The van der Waals surface area contributed by atoms with Crippen molar-refractivity contribution in [3.63, 3.8) is 0 Å². The lowest BCUT2D eigenvalue weighted by molar-refractivity contribution is 0.0697. The largest absolute Gasteiger partial charge is 0.478 e. The molecule has 0 radical (unpaired) electrons. The zero-order valence-electron chi connectivity index (χ0n) is 10.6. The number of aromatic amines is 1. The number of nitrogens with one attached hydrogen (secondary N) is 1. The maximum atomic E-state index is 10.8. The predicted octanol–water partition coefficient (Wildman–Crippen LogP) is 3.43. The maximum Gasteiger partial charge on any atom is 0.335 e. The molecule has 0 fully saturated rings. The van der Waals surface area contributed by atoms with E-state index in [1.165, 1.54) is 0 Å². The van der Waals surface area contributed by atoms with E-state index in [9.17, 15) is 4.79 Å². The Balaban J connectivity index is 1.88. The topological polar surface area (TPSA) is 66.0 Å². The smallest absolute Gasteiger partial charge is 0.335 e. The van der Waals surface area contributed by atoms with E-state index in [0.717, 1.165) is 22.2 Å². The second-order valence-corrected chi connectivity index (χ2v) is 4.41. The van der Waals surface area contributed by atoms with Crippen LogP contribution in [0.5, 0.6) is 0 Å². The molecule has 2 N–H and O–H groups in total. The monoisotopic (exact) mass is 264 g/mol. The molecular formula is C16H12N2O2. The molecule has 1 heterocycles. The van der Waals surface area contributed by atoms with Crippen LogP contribution in [0.2, 0.25) is 0 Å². The van der Waals surface area contributed by atoms with Crippen molar-refractivity contribution in [3.8, 4) is 0 Å². The van der Waals surface area contributed by atoms with Gasteiger partial charge in [-0.05, 0) is 29.8 Å². The Morgan fingerprint density at radius 3 is 2.55 bits per heavy atom. The number of rotatable bonds is 3. The van der Waals surface area contributed by atoms with Crippen molar-refractivity contribution in [2.75, 3.05) is 0 Å². The Morgan fingerprint density at radius 2 is 1.80 bits per heavy atom. The quantitative estimate of drug-likeness (QED) is 0.761. The van der Waals surface area contributed by atoms with Crippen LogP contribution in [-0.4, -0.2) is 21.3 Å². The first-order chi connectivity index (χ1) is 9.74. The number of carboxylic acid groups (broad SMARTS) is 1. The van der Waals surface area contributed by atoms with Gasteiger partial charge in [0.15, 0.2) is 0 Å². The Labute approximate surface area is 115 Å². The van der Waals surface area contributed by atoms with E-state index >= 15 is 0 Å². The number of carbonyl (C=O) groups is 1. The molecule has 0 saturated carbocycles. The van der Waals surface area contributed by atoms with Crippen LogP contribution in [0.15, 0.2) is 48.5 Å². The number of nitrogens with zero attached hydrogens (tertiary/aromatic N) is 1. The zero-order chi connectivity index (χ0) is 13.9. The fourth-order valence-corrected chi connectivity index (χ4v) is 2.02. The lowest BCUT2D eigenvalue weighted by atomic mass is 10.1. The third-order valence-corrected chi connectivity index (χ3v) is 3.09. The molecule has 4 heteroatoms. The van der Waals surface area contributed by atoms with Gasteiger partial charge in [0, 0.05) is 5.39 Å². The standard InChI is InChI=1S/C16H12N2O2/c19-16(20)12-8-5-11(6-9-12)7-10-15-13-3-1-2-4-14(13)17-18-15/h1-10H,(H,17,18)(H,19,20). The highest BCUT2D eigenvalue weighted by Crippen LogP contribution is 2.17. The molecule has 0 spiro atoms. The maximum absolute atomic E-state index is 10.8. The minimum absolute atomic E-state index is 0.285. The highest BCUT2D eigenvalue weighted by molar-refractivity contribution is 5.90. The number of H-pyrrole nitrogens is 1. The highest BCUT2D eigenvalue weighted by atomic mass is 16.4. The number of aromatic carboxylic acids is 1. The molecule has 2 aromatic carbocycles. The molecule has 0 unspecified atom stereocenters. The predicted molar refractivity (Wildman–Crippen MR) is 78.4 cm³/mol. The third kappa shape index (κ3) is 2.31. The molecule has 4 nitrogen and oxygen atoms in total. The Morgan fingerprint density at radius 1 is 1.05 bits per heavy atom. The number of benzene rings is 2. The van der Waals surface area contributed by atoms with E-state index in [1.54, 1.807) is 24.3 Å². The van der Waals surface area contributed by atoms with Crippen LogP contribution in [0.25, 0.3) is 23.1 Å². The number of hydrogen-bond donors (Lipinski definition) is 2. The van der Waals surface area contributed by atoms with Crippen LogP contribution in [-0.2, 0) is 0 Å². The molecule has 0 amide bonds. The molecule has 1 aromatic heterocycles. The van der Waals surface area contributed by atoms with E-state index in [-0.39, 0.29) is 5.56 Å². The highest BCUT2D eigenvalue weighted by Gasteiger charge is 2.02. The van der Waals surface area contributed by atoms with Crippen LogP contribution in [0.1, 0.15) is 21.6 Å². The summed E-state index contributed by atoms with van der Waals surface area (Å²) in [6.45, 7) is 0. The minimum atomic E-state index is -0.918. The zero-order valence-corrected chi connectivity index (χ0v) is 10.6. The second kappa shape index (κ2) is 5.01. The number of fused-ring (bicyclic) bond motifs is 1. The van der Waals surface area contributed by atoms with Gasteiger partial charge in [-0.1, -0.05) is 36.4 Å². The fourth-order valence-electron chi connectivity index (χ4n) is 2.02. The van der Waals surface area contributed by atoms with Crippen LogP contribution < -0.4 is 0 Å². The molecule has 3 rings (SSSR count). The van der Waals surface area contributed by atoms with Crippen molar-refractivity contribution in [1.82, 2.24) is 10.2 Å². The van der Waals surface area contributed by atoms with Gasteiger partial charge in [-0.2, -0.15) is 5.10 Å². The van der Waals surface area contributed by atoms with Gasteiger partial charge in [-0.25, -0.2) is 4.79 Å². The van der Waals surface area contributed by atoms with Gasteiger partial charge < -0.3 is 5.11 Å². The molecule has 0 saturated heterocycles. The second-order valence-electron chi connectivity index (χ2n) is 4.41. The lowest BCUT2D eigenvalue weighted by Gasteiger charge is -1.95. The Kier molecular flexibility index (Phi) is 3.05. The molecule has 20 heavy (non-hydrogen) atoms. The molecule has 0 aliphatic carbocycles. The van der Waals surface area contributed by atoms with Gasteiger partial charge in [-0.3, -0.25) is 5.10 Å². The van der Waals surface area contributed by atoms with E-state index in [0.29, 0.717) is 0 Å². The van der Waals surface area contributed by atoms with Gasteiger partial charge >= 0.3 is 5.97 Å². The van der Waals surface area contributed by atoms with Crippen molar-refractivity contribution in [3.05, 3.63) is 65.4 Å². The summed E-state index contributed by atoms with van der Waals surface area (Å²) in [5, 5.41) is 17.1. The first-order valence-corrected chi connectivity index (χ1v) is 6.18. The summed E-state index contributed by atoms with van der Waals surface area (Å²) in [5.41, 5.74) is 3.07. The first kappa shape index (κ1) is 12.2. The summed E-state index contributed by atoms with van der Waals surface area (Å²) in [5.74, 6) is -0.918. The van der Waals surface area contributed by atoms with E-state index in [1.807, 2.05) is 36.4 Å². The van der Waals surface area contributed by atoms with Gasteiger partial charge in [0.25, 0.3) is 0 Å². The molecule has 0 bridgehead atoms. The Hall–Kier alpha value is -2.88. The van der Waals surface area contributed by atoms with E-state index < -0.39 is 5.97 Å². The molecule has 0 aliphatic rings. The fraction of sp³-hybridized carbons (Fsp3) is 0. The molecule has 98 valence electrons. The average molecular weight is 264 g/mol. The van der Waals surface area contributed by atoms with Crippen LogP contribution >= 0.6 is 0 Å². The lowest BCUT2D eigenvalue weighted by Crippen LogP contribution is -1.94. The number of carboxylic acids is 1. The number of para-hydroxylation sites is 1. The SMILES string of the molecule is O=C(O)c1ccc(C=Cc2n[nH]c3ccccc23)cc1. The van der Waals surface area contributed by atoms with Gasteiger partial charge in [0.05, 0.1) is 16.8 Å². The summed E-state index contributed by atoms with van der Waals surface area (Å²) in [6.07, 6.45) is 3.82. The molecular weight excluding hydrogens is 252 g/mol. The summed E-state index contributed by atoms with van der Waals surface area (Å²) in [7, 11) is 0. The minimum Gasteiger partial charge on any atom is -0.478 e. The van der Waals surface area contributed by atoms with Crippen LogP contribution in [0.4, 0.5) is 0 Å². The summed E-state index contributed by atoms with van der Waals surface area (Å²) in [6, 6.07) is 14.6. The van der Waals surface area contributed by atoms with Crippen molar-refractivity contribution >= 4 is 29.0 Å². The van der Waals surface area contributed by atoms with Crippen molar-refractivity contribution in [1.29, 1.82) is 0 Å².